The Kier molecular flexibility index (Phi) is 10.1. The molecule has 1 aliphatic heterocycles. The van der Waals surface area contributed by atoms with E-state index >= 15 is 0 Å². The summed E-state index contributed by atoms with van der Waals surface area (Å²) in [5.41, 5.74) is 0.584. The Morgan fingerprint density at radius 3 is 2.77 bits per heavy atom. The van der Waals surface area contributed by atoms with Gasteiger partial charge in [-0.15, -0.1) is 12.4 Å². The first-order chi connectivity index (χ1) is 12.1. The highest BCUT2D eigenvalue weighted by Crippen LogP contribution is 2.28. The molecule has 1 unspecified atom stereocenters. The van der Waals surface area contributed by atoms with Crippen LogP contribution in [-0.2, 0) is 4.79 Å². The molecule has 146 valence electrons. The van der Waals surface area contributed by atoms with E-state index in [1.165, 1.54) is 13.3 Å². The van der Waals surface area contributed by atoms with E-state index in [2.05, 4.69) is 10.6 Å². The van der Waals surface area contributed by atoms with Gasteiger partial charge in [-0.3, -0.25) is 9.59 Å². The fourth-order valence-corrected chi connectivity index (χ4v) is 2.89. The highest BCUT2D eigenvalue weighted by Gasteiger charge is 2.14. The number of hydrogen-bond acceptors (Lipinski definition) is 5. The lowest BCUT2D eigenvalue weighted by Gasteiger charge is -2.12. The zero-order chi connectivity index (χ0) is 18.1. The SMILES string of the molecule is COc1cc(C(C)=O)ccc1OCCCC(=O)NCCC1CCNC1.Cl. The lowest BCUT2D eigenvalue weighted by atomic mass is 10.1. The maximum absolute atomic E-state index is 11.8. The molecule has 6 nitrogen and oxygen atoms in total. The van der Waals surface area contributed by atoms with Crippen LogP contribution in [-0.4, -0.2) is 45.0 Å². The number of carbonyl (C=O) groups is 2. The van der Waals surface area contributed by atoms with Crippen LogP contribution in [0, 0.1) is 5.92 Å². The van der Waals surface area contributed by atoms with Gasteiger partial charge in [-0.25, -0.2) is 0 Å². The molecular weight excluding hydrogens is 356 g/mol. The third-order valence-corrected chi connectivity index (χ3v) is 4.41. The van der Waals surface area contributed by atoms with Crippen LogP contribution in [0.15, 0.2) is 18.2 Å². The van der Waals surface area contributed by atoms with E-state index in [1.54, 1.807) is 25.3 Å². The molecule has 1 aromatic carbocycles. The molecule has 0 bridgehead atoms. The van der Waals surface area contributed by atoms with Crippen molar-refractivity contribution in [3.05, 3.63) is 23.8 Å². The molecule has 1 heterocycles. The average Bonchev–Trinajstić information content (AvgIpc) is 3.12. The van der Waals surface area contributed by atoms with E-state index in [9.17, 15) is 9.59 Å². The minimum Gasteiger partial charge on any atom is -0.493 e. The van der Waals surface area contributed by atoms with Crippen LogP contribution < -0.4 is 20.1 Å². The molecular formula is C19H29ClN2O4. The number of amides is 1. The molecule has 1 aromatic rings. The number of nitrogens with one attached hydrogen (secondary N) is 2. The summed E-state index contributed by atoms with van der Waals surface area (Å²) in [6.45, 7) is 4.83. The third kappa shape index (κ3) is 7.22. The molecule has 2 N–H and O–H groups in total. The van der Waals surface area contributed by atoms with E-state index in [0.29, 0.717) is 42.4 Å². The Bertz CT molecular complexity index is 589. The summed E-state index contributed by atoms with van der Waals surface area (Å²) in [6.07, 6.45) is 3.31. The molecule has 1 fully saturated rings. The summed E-state index contributed by atoms with van der Waals surface area (Å²) in [5.74, 6) is 1.85. The number of methoxy groups -OCH3 is 1. The molecule has 0 saturated carbocycles. The van der Waals surface area contributed by atoms with Gasteiger partial charge in [0, 0.05) is 18.5 Å². The summed E-state index contributed by atoms with van der Waals surface area (Å²) in [7, 11) is 1.54. The summed E-state index contributed by atoms with van der Waals surface area (Å²) < 4.78 is 10.9. The maximum atomic E-state index is 11.8. The fourth-order valence-electron chi connectivity index (χ4n) is 2.89. The molecule has 1 atom stereocenters. The molecule has 7 heteroatoms. The zero-order valence-corrected chi connectivity index (χ0v) is 16.3. The van der Waals surface area contributed by atoms with Gasteiger partial charge in [0.25, 0.3) is 0 Å². The number of ketones is 1. The number of benzene rings is 1. The summed E-state index contributed by atoms with van der Waals surface area (Å²) in [5, 5.41) is 6.29. The Hall–Kier alpha value is -1.79. The summed E-state index contributed by atoms with van der Waals surface area (Å²) >= 11 is 0. The third-order valence-electron chi connectivity index (χ3n) is 4.41. The normalized spacial score (nSPS) is 15.8. The van der Waals surface area contributed by atoms with Gasteiger partial charge in [0.05, 0.1) is 13.7 Å². The van der Waals surface area contributed by atoms with Crippen LogP contribution in [0.25, 0.3) is 0 Å². The Labute approximate surface area is 161 Å². The van der Waals surface area contributed by atoms with Gasteiger partial charge in [0.2, 0.25) is 5.91 Å². The van der Waals surface area contributed by atoms with Crippen LogP contribution >= 0.6 is 12.4 Å². The van der Waals surface area contributed by atoms with Crippen molar-refractivity contribution < 1.29 is 19.1 Å². The smallest absolute Gasteiger partial charge is 0.220 e. The van der Waals surface area contributed by atoms with E-state index in [-0.39, 0.29) is 24.1 Å². The number of hydrogen-bond donors (Lipinski definition) is 2. The first kappa shape index (κ1) is 22.3. The van der Waals surface area contributed by atoms with Crippen LogP contribution in [0.4, 0.5) is 0 Å². The van der Waals surface area contributed by atoms with Gasteiger partial charge in [0.1, 0.15) is 0 Å². The molecule has 1 aliphatic rings. The summed E-state index contributed by atoms with van der Waals surface area (Å²) in [6, 6.07) is 5.11. The molecule has 0 spiro atoms. The van der Waals surface area contributed by atoms with E-state index < -0.39 is 0 Å². The Balaban J connectivity index is 0.00000338. The van der Waals surface area contributed by atoms with E-state index in [1.807, 2.05) is 0 Å². The highest BCUT2D eigenvalue weighted by atomic mass is 35.5. The fraction of sp³-hybridized carbons (Fsp3) is 0.579. The van der Waals surface area contributed by atoms with Gasteiger partial charge in [-0.2, -0.15) is 0 Å². The first-order valence-electron chi connectivity index (χ1n) is 8.89. The van der Waals surface area contributed by atoms with Crippen molar-refractivity contribution >= 4 is 24.1 Å². The van der Waals surface area contributed by atoms with Crippen LogP contribution in [0.3, 0.4) is 0 Å². The minimum atomic E-state index is -0.0186. The molecule has 1 amide bonds. The first-order valence-corrected chi connectivity index (χ1v) is 8.89. The van der Waals surface area contributed by atoms with Crippen molar-refractivity contribution in [1.82, 2.24) is 10.6 Å². The van der Waals surface area contributed by atoms with Crippen molar-refractivity contribution in [2.24, 2.45) is 5.92 Å². The van der Waals surface area contributed by atoms with Crippen molar-refractivity contribution in [2.75, 3.05) is 33.4 Å². The van der Waals surface area contributed by atoms with Gasteiger partial charge in [-0.1, -0.05) is 0 Å². The van der Waals surface area contributed by atoms with Gasteiger partial charge < -0.3 is 20.1 Å². The molecule has 0 aliphatic carbocycles. The summed E-state index contributed by atoms with van der Waals surface area (Å²) in [4.78, 5) is 23.2. The largest absolute Gasteiger partial charge is 0.493 e. The predicted octanol–water partition coefficient (Wildman–Crippen LogP) is 2.59. The Morgan fingerprint density at radius 2 is 2.12 bits per heavy atom. The number of halogens is 1. The van der Waals surface area contributed by atoms with Crippen molar-refractivity contribution in [1.29, 1.82) is 0 Å². The highest BCUT2D eigenvalue weighted by molar-refractivity contribution is 5.94. The van der Waals surface area contributed by atoms with Crippen LogP contribution in [0.1, 0.15) is 43.0 Å². The topological polar surface area (TPSA) is 76.7 Å². The van der Waals surface area contributed by atoms with Gasteiger partial charge in [-0.05, 0) is 63.4 Å². The zero-order valence-electron chi connectivity index (χ0n) is 15.5. The average molecular weight is 385 g/mol. The van der Waals surface area contributed by atoms with Crippen molar-refractivity contribution in [3.8, 4) is 11.5 Å². The van der Waals surface area contributed by atoms with E-state index in [0.717, 1.165) is 26.1 Å². The van der Waals surface area contributed by atoms with Crippen LogP contribution in [0.5, 0.6) is 11.5 Å². The minimum absolute atomic E-state index is 0. The molecule has 0 aromatic heterocycles. The van der Waals surface area contributed by atoms with Crippen molar-refractivity contribution in [3.63, 3.8) is 0 Å². The van der Waals surface area contributed by atoms with Gasteiger partial charge >= 0.3 is 0 Å². The molecule has 1 saturated heterocycles. The lowest BCUT2D eigenvalue weighted by molar-refractivity contribution is -0.121. The second kappa shape index (κ2) is 11.8. The number of Topliss-reactive ketones (excluding diaryl/α,β-unsaturated/α-hetero) is 1. The number of ether oxygens (including phenoxy) is 2. The van der Waals surface area contributed by atoms with Crippen molar-refractivity contribution in [2.45, 2.75) is 32.6 Å². The number of carbonyl (C=O) groups excluding carboxylic acids is 2. The number of rotatable bonds is 10. The molecule has 26 heavy (non-hydrogen) atoms. The maximum Gasteiger partial charge on any atom is 0.220 e. The molecule has 0 radical (unpaired) electrons. The Morgan fingerprint density at radius 1 is 1.31 bits per heavy atom. The second-order valence-corrected chi connectivity index (χ2v) is 6.37. The van der Waals surface area contributed by atoms with Crippen LogP contribution in [0.2, 0.25) is 0 Å². The van der Waals surface area contributed by atoms with Gasteiger partial charge in [0.15, 0.2) is 17.3 Å². The second-order valence-electron chi connectivity index (χ2n) is 6.37. The lowest BCUT2D eigenvalue weighted by Crippen LogP contribution is -2.26. The standard InChI is InChI=1S/C19H28N2O4.ClH/c1-14(22)16-5-6-17(18(12-16)24-2)25-11-3-4-19(23)21-10-8-15-7-9-20-13-15;/h5-6,12,15,20H,3-4,7-11,13H2,1-2H3,(H,21,23);1H. The molecule has 2 rings (SSSR count). The predicted molar refractivity (Wildman–Crippen MR) is 104 cm³/mol. The quantitative estimate of drug-likeness (QED) is 0.479. The monoisotopic (exact) mass is 384 g/mol. The van der Waals surface area contributed by atoms with E-state index in [4.69, 9.17) is 9.47 Å².